The molecule has 186 valence electrons. The van der Waals surface area contributed by atoms with Crippen molar-refractivity contribution in [3.05, 3.63) is 59.7 Å². The number of benzene rings is 2. The molecule has 0 bridgehead atoms. The smallest absolute Gasteiger partial charge is 0.243 e. The molecule has 2 aromatic rings. The van der Waals surface area contributed by atoms with E-state index in [1.165, 1.54) is 15.9 Å². The van der Waals surface area contributed by atoms with Gasteiger partial charge in [-0.1, -0.05) is 31.2 Å². The summed E-state index contributed by atoms with van der Waals surface area (Å²) in [5.74, 6) is 0.423. The third-order valence-corrected chi connectivity index (χ3v) is 8.47. The summed E-state index contributed by atoms with van der Waals surface area (Å²) in [6, 6.07) is 14.9. The van der Waals surface area contributed by atoms with E-state index in [1.807, 2.05) is 28.2 Å². The molecule has 1 N–H and O–H groups in total. The molecule has 34 heavy (non-hydrogen) atoms. The lowest BCUT2D eigenvalue weighted by Gasteiger charge is -2.29. The molecular weight excluding hydrogens is 448 g/mol. The number of hydrogen-bond acceptors (Lipinski definition) is 6. The standard InChI is InChI=1S/C26H38N4O3S/c1-20-13-15-30(16-14-20)34(32,33)24-8-6-7-22(17-24)26(31)19-27-18-25(29(4)5)21-9-11-23(12-10-21)28(2)3/h6-12,17,20,25,27H,13-16,18-19H2,1-5H3. The van der Waals surface area contributed by atoms with Gasteiger partial charge in [0, 0.05) is 51.0 Å². The maximum absolute atomic E-state index is 13.1. The maximum atomic E-state index is 13.1. The fourth-order valence-corrected chi connectivity index (χ4v) is 5.74. The van der Waals surface area contributed by atoms with Crippen LogP contribution >= 0.6 is 0 Å². The molecule has 7 nitrogen and oxygen atoms in total. The second-order valence-electron chi connectivity index (χ2n) is 9.63. The minimum absolute atomic E-state index is 0.109. The number of Topliss-reactive ketones (excluding diaryl/α,β-unsaturated/α-hetero) is 1. The molecule has 0 radical (unpaired) electrons. The molecule has 2 aromatic carbocycles. The van der Waals surface area contributed by atoms with Crippen LogP contribution in [-0.4, -0.2) is 77.8 Å². The van der Waals surface area contributed by atoms with E-state index in [2.05, 4.69) is 46.3 Å². The Bertz CT molecular complexity index is 1060. The Morgan fingerprint density at radius 3 is 2.29 bits per heavy atom. The molecule has 0 saturated carbocycles. The number of ketones is 1. The number of carbonyl (C=O) groups is 1. The largest absolute Gasteiger partial charge is 0.378 e. The fourth-order valence-electron chi connectivity index (χ4n) is 4.22. The average Bonchev–Trinajstić information content (AvgIpc) is 2.82. The van der Waals surface area contributed by atoms with Crippen molar-refractivity contribution in [3.63, 3.8) is 0 Å². The van der Waals surface area contributed by atoms with E-state index >= 15 is 0 Å². The van der Waals surface area contributed by atoms with E-state index in [1.54, 1.807) is 18.2 Å². The molecule has 1 atom stereocenters. The van der Waals surface area contributed by atoms with Crippen LogP contribution in [0, 0.1) is 5.92 Å². The summed E-state index contributed by atoms with van der Waals surface area (Å²) in [5, 5.41) is 3.27. The Kier molecular flexibility index (Phi) is 8.87. The normalized spacial score (nSPS) is 16.5. The molecule has 1 fully saturated rings. The van der Waals surface area contributed by atoms with Gasteiger partial charge in [0.2, 0.25) is 10.0 Å². The lowest BCUT2D eigenvalue weighted by molar-refractivity contribution is 0.0988. The molecule has 0 aliphatic carbocycles. The summed E-state index contributed by atoms with van der Waals surface area (Å²) in [6.07, 6.45) is 1.74. The van der Waals surface area contributed by atoms with Crippen molar-refractivity contribution in [2.24, 2.45) is 5.92 Å². The van der Waals surface area contributed by atoms with Crippen LogP contribution in [0.5, 0.6) is 0 Å². The fraction of sp³-hybridized carbons (Fsp3) is 0.500. The molecule has 1 heterocycles. The number of nitrogens with zero attached hydrogens (tertiary/aromatic N) is 3. The highest BCUT2D eigenvalue weighted by Gasteiger charge is 2.28. The Labute approximate surface area is 204 Å². The predicted octanol–water partition coefficient (Wildman–Crippen LogP) is 3.25. The molecule has 1 aliphatic heterocycles. The van der Waals surface area contributed by atoms with Gasteiger partial charge in [-0.2, -0.15) is 4.31 Å². The Morgan fingerprint density at radius 2 is 1.71 bits per heavy atom. The van der Waals surface area contributed by atoms with Gasteiger partial charge in [-0.15, -0.1) is 0 Å². The lowest BCUT2D eigenvalue weighted by atomic mass is 10.0. The first-order chi connectivity index (χ1) is 16.1. The van der Waals surface area contributed by atoms with Crippen LogP contribution in [0.2, 0.25) is 0 Å². The molecule has 1 saturated heterocycles. The van der Waals surface area contributed by atoms with E-state index in [9.17, 15) is 13.2 Å². The average molecular weight is 487 g/mol. The number of sulfonamides is 1. The summed E-state index contributed by atoms with van der Waals surface area (Å²) in [6.45, 7) is 3.96. The zero-order valence-corrected chi connectivity index (χ0v) is 21.8. The Morgan fingerprint density at radius 1 is 1.06 bits per heavy atom. The predicted molar refractivity (Wildman–Crippen MR) is 138 cm³/mol. The number of nitrogens with one attached hydrogen (secondary N) is 1. The van der Waals surface area contributed by atoms with E-state index < -0.39 is 10.0 Å². The Hall–Kier alpha value is -2.26. The summed E-state index contributed by atoms with van der Waals surface area (Å²) in [4.78, 5) is 17.2. The SMILES string of the molecule is CC1CCN(S(=O)(=O)c2cccc(C(=O)CNCC(c3ccc(N(C)C)cc3)N(C)C)c2)CC1. The summed E-state index contributed by atoms with van der Waals surface area (Å²) >= 11 is 0. The topological polar surface area (TPSA) is 73.0 Å². The van der Waals surface area contributed by atoms with Gasteiger partial charge < -0.3 is 15.1 Å². The van der Waals surface area contributed by atoms with Crippen LogP contribution in [0.25, 0.3) is 0 Å². The first kappa shape index (κ1) is 26.3. The number of anilines is 1. The van der Waals surface area contributed by atoms with Gasteiger partial charge >= 0.3 is 0 Å². The van der Waals surface area contributed by atoms with Crippen molar-refractivity contribution in [2.45, 2.75) is 30.7 Å². The van der Waals surface area contributed by atoms with Crippen LogP contribution in [0.15, 0.2) is 53.4 Å². The van der Waals surface area contributed by atoms with E-state index in [-0.39, 0.29) is 23.3 Å². The van der Waals surface area contributed by atoms with Crippen molar-refractivity contribution in [1.29, 1.82) is 0 Å². The van der Waals surface area contributed by atoms with Crippen LogP contribution in [-0.2, 0) is 10.0 Å². The lowest BCUT2D eigenvalue weighted by Crippen LogP contribution is -2.38. The van der Waals surface area contributed by atoms with Gasteiger partial charge in [0.15, 0.2) is 5.78 Å². The van der Waals surface area contributed by atoms with Gasteiger partial charge in [-0.3, -0.25) is 4.79 Å². The minimum atomic E-state index is -3.58. The van der Waals surface area contributed by atoms with Crippen molar-refractivity contribution in [2.75, 3.05) is 59.3 Å². The van der Waals surface area contributed by atoms with Gasteiger partial charge in [0.1, 0.15) is 0 Å². The zero-order chi connectivity index (χ0) is 24.9. The number of carbonyl (C=O) groups excluding carboxylic acids is 1. The van der Waals surface area contributed by atoms with Crippen LogP contribution in [0.3, 0.4) is 0 Å². The first-order valence-electron chi connectivity index (χ1n) is 11.9. The van der Waals surface area contributed by atoms with Crippen LogP contribution < -0.4 is 10.2 Å². The second-order valence-corrected chi connectivity index (χ2v) is 11.6. The number of rotatable bonds is 10. The summed E-state index contributed by atoms with van der Waals surface area (Å²) < 4.78 is 27.7. The summed E-state index contributed by atoms with van der Waals surface area (Å²) in [7, 11) is 4.48. The van der Waals surface area contributed by atoms with Gasteiger partial charge in [-0.05, 0) is 62.7 Å². The van der Waals surface area contributed by atoms with Crippen molar-refractivity contribution >= 4 is 21.5 Å². The molecule has 0 aromatic heterocycles. The second kappa shape index (κ2) is 11.4. The molecule has 0 amide bonds. The van der Waals surface area contributed by atoms with Gasteiger partial charge in [0.05, 0.1) is 11.4 Å². The van der Waals surface area contributed by atoms with Crippen LogP contribution in [0.1, 0.15) is 41.7 Å². The van der Waals surface area contributed by atoms with Gasteiger partial charge in [-0.25, -0.2) is 8.42 Å². The Balaban J connectivity index is 1.63. The number of hydrogen-bond donors (Lipinski definition) is 1. The molecule has 0 spiro atoms. The highest BCUT2D eigenvalue weighted by molar-refractivity contribution is 7.89. The quantitative estimate of drug-likeness (QED) is 0.520. The van der Waals surface area contributed by atoms with E-state index in [0.717, 1.165) is 18.5 Å². The molecular formula is C26H38N4O3S. The molecule has 8 heteroatoms. The third kappa shape index (κ3) is 6.44. The van der Waals surface area contributed by atoms with Crippen molar-refractivity contribution in [3.8, 4) is 0 Å². The minimum Gasteiger partial charge on any atom is -0.378 e. The van der Waals surface area contributed by atoms with Crippen molar-refractivity contribution < 1.29 is 13.2 Å². The highest BCUT2D eigenvalue weighted by Crippen LogP contribution is 2.24. The first-order valence-corrected chi connectivity index (χ1v) is 13.3. The summed E-state index contributed by atoms with van der Waals surface area (Å²) in [5.41, 5.74) is 2.72. The highest BCUT2D eigenvalue weighted by atomic mass is 32.2. The third-order valence-electron chi connectivity index (χ3n) is 6.58. The molecule has 1 unspecified atom stereocenters. The zero-order valence-electron chi connectivity index (χ0n) is 21.0. The van der Waals surface area contributed by atoms with Crippen LogP contribution in [0.4, 0.5) is 5.69 Å². The van der Waals surface area contributed by atoms with Crippen molar-refractivity contribution in [1.82, 2.24) is 14.5 Å². The monoisotopic (exact) mass is 486 g/mol. The maximum Gasteiger partial charge on any atom is 0.243 e. The van der Waals surface area contributed by atoms with Gasteiger partial charge in [0.25, 0.3) is 0 Å². The van der Waals surface area contributed by atoms with E-state index in [4.69, 9.17) is 0 Å². The number of likely N-dealkylation sites (N-methyl/N-ethyl adjacent to an activating group) is 1. The number of piperidine rings is 1. The molecule has 1 aliphatic rings. The van der Waals surface area contributed by atoms with E-state index in [0.29, 0.717) is 31.1 Å². The molecule has 3 rings (SSSR count).